The number of anilines is 1. The van der Waals surface area contributed by atoms with Gasteiger partial charge in [0.15, 0.2) is 11.6 Å². The van der Waals surface area contributed by atoms with Crippen molar-refractivity contribution in [2.75, 3.05) is 45.3 Å². The van der Waals surface area contributed by atoms with Crippen molar-refractivity contribution in [2.24, 2.45) is 0 Å². The number of halogens is 1. The van der Waals surface area contributed by atoms with Gasteiger partial charge in [-0.25, -0.2) is 9.18 Å². The van der Waals surface area contributed by atoms with Crippen molar-refractivity contribution in [3.05, 3.63) is 53.3 Å². The number of methoxy groups -OCH3 is 1. The lowest BCUT2D eigenvalue weighted by Crippen LogP contribution is -2.37. The summed E-state index contributed by atoms with van der Waals surface area (Å²) in [6.45, 7) is 5.85. The Bertz CT molecular complexity index is 1340. The lowest BCUT2D eigenvalue weighted by molar-refractivity contribution is -0.136. The number of hydrogen-bond donors (Lipinski definition) is 2. The number of rotatable bonds is 11. The Morgan fingerprint density at radius 3 is 2.77 bits per heavy atom. The second-order valence-electron chi connectivity index (χ2n) is 9.15. The maximum absolute atomic E-state index is 14.9. The average molecular weight is 557 g/mol. The quantitative estimate of drug-likeness (QED) is 0.306. The Labute approximate surface area is 230 Å². The van der Waals surface area contributed by atoms with Crippen LogP contribution in [-0.4, -0.2) is 67.9 Å². The minimum Gasteiger partial charge on any atom is -0.453 e. The fourth-order valence-electron chi connectivity index (χ4n) is 3.94. The Morgan fingerprint density at radius 2 is 2.05 bits per heavy atom. The summed E-state index contributed by atoms with van der Waals surface area (Å²) in [7, 11) is 1.59. The van der Waals surface area contributed by atoms with E-state index in [1.807, 2.05) is 26.0 Å². The number of pyridine rings is 1. The third-order valence-electron chi connectivity index (χ3n) is 6.31. The minimum atomic E-state index is -0.593. The zero-order chi connectivity index (χ0) is 27.8. The molecule has 0 bridgehead atoms. The van der Waals surface area contributed by atoms with Gasteiger partial charge in [-0.15, -0.1) is 11.3 Å². The number of urea groups is 1. The van der Waals surface area contributed by atoms with Crippen LogP contribution in [-0.2, 0) is 14.3 Å². The number of amides is 3. The van der Waals surface area contributed by atoms with Crippen LogP contribution in [0.25, 0.3) is 15.8 Å². The number of thiophene rings is 1. The van der Waals surface area contributed by atoms with Gasteiger partial charge in [-0.1, -0.05) is 13.0 Å². The molecule has 3 heterocycles. The van der Waals surface area contributed by atoms with Crippen molar-refractivity contribution in [2.45, 2.75) is 32.7 Å². The first-order valence-electron chi connectivity index (χ1n) is 12.8. The Hall–Kier alpha value is -3.54. The normalized spacial score (nSPS) is 14.2. The first kappa shape index (κ1) is 28.5. The highest BCUT2D eigenvalue weighted by Gasteiger charge is 2.20. The molecule has 0 spiro atoms. The molecule has 0 radical (unpaired) electrons. The topological polar surface area (TPSA) is 102 Å². The number of carbonyl (C=O) groups is 2. The molecule has 1 aromatic carbocycles. The zero-order valence-corrected chi connectivity index (χ0v) is 23.1. The first-order valence-corrected chi connectivity index (χ1v) is 13.7. The summed E-state index contributed by atoms with van der Waals surface area (Å²) in [6, 6.07) is 7.62. The number of fused-ring (bicyclic) bond motifs is 1. The van der Waals surface area contributed by atoms with Gasteiger partial charge in [0, 0.05) is 55.1 Å². The molecule has 0 saturated carbocycles. The van der Waals surface area contributed by atoms with Crippen molar-refractivity contribution in [3.8, 4) is 11.5 Å². The molecule has 0 fully saturated rings. The van der Waals surface area contributed by atoms with Crippen molar-refractivity contribution in [3.63, 3.8) is 0 Å². The smallest absolute Gasteiger partial charge is 0.319 e. The monoisotopic (exact) mass is 556 g/mol. The molecular formula is C28H33FN4O5S. The fourth-order valence-corrected chi connectivity index (χ4v) is 5.07. The van der Waals surface area contributed by atoms with Crippen LogP contribution in [0.5, 0.6) is 11.5 Å². The van der Waals surface area contributed by atoms with E-state index in [-0.39, 0.29) is 30.3 Å². The Kier molecular flexibility index (Phi) is 9.85. The molecule has 3 amide bonds. The van der Waals surface area contributed by atoms with Crippen LogP contribution >= 0.6 is 11.3 Å². The van der Waals surface area contributed by atoms with Crippen LogP contribution in [0.3, 0.4) is 0 Å². The van der Waals surface area contributed by atoms with Crippen LogP contribution < -0.4 is 15.4 Å². The van der Waals surface area contributed by atoms with E-state index in [2.05, 4.69) is 15.6 Å². The SMILES string of the molecule is CCC(C)NC(=O)Nc1ccc(Oc2ccnc3cc(C4=CCN(C(=O)COCCOC)CC4)sc23)c(F)c1. The predicted molar refractivity (Wildman–Crippen MR) is 150 cm³/mol. The lowest BCUT2D eigenvalue weighted by Gasteiger charge is -2.26. The summed E-state index contributed by atoms with van der Waals surface area (Å²) in [4.78, 5) is 31.7. The summed E-state index contributed by atoms with van der Waals surface area (Å²) >= 11 is 1.52. The van der Waals surface area contributed by atoms with E-state index >= 15 is 0 Å². The largest absolute Gasteiger partial charge is 0.453 e. The van der Waals surface area contributed by atoms with Gasteiger partial charge in [-0.05, 0) is 43.5 Å². The Balaban J connectivity index is 1.42. The second-order valence-corrected chi connectivity index (χ2v) is 10.2. The number of carbonyl (C=O) groups excluding carboxylic acids is 2. The molecule has 2 aromatic heterocycles. The molecule has 1 aliphatic rings. The number of nitrogens with zero attached hydrogens (tertiary/aromatic N) is 2. The fraction of sp³-hybridized carbons (Fsp3) is 0.393. The van der Waals surface area contributed by atoms with Gasteiger partial charge in [0.05, 0.1) is 23.4 Å². The lowest BCUT2D eigenvalue weighted by atomic mass is 10.1. The van der Waals surface area contributed by atoms with Crippen molar-refractivity contribution < 1.29 is 28.2 Å². The summed E-state index contributed by atoms with van der Waals surface area (Å²) in [6.07, 6.45) is 5.17. The van der Waals surface area contributed by atoms with E-state index < -0.39 is 5.82 Å². The standard InChI is InChI=1S/C28H33FN4O5S/c1-4-18(2)31-28(35)32-20-5-6-23(21(29)15-20)38-24-7-10-30-22-16-25(39-27(22)24)19-8-11-33(12-9-19)26(34)17-37-14-13-36-3/h5-8,10,15-16,18H,4,9,11-14,17H2,1-3H3,(H2,31,32,35). The van der Waals surface area contributed by atoms with Crippen LogP contribution in [0.15, 0.2) is 42.6 Å². The number of nitrogens with one attached hydrogen (secondary N) is 2. The number of hydrogen-bond acceptors (Lipinski definition) is 7. The van der Waals surface area contributed by atoms with E-state index in [9.17, 15) is 14.0 Å². The second kappa shape index (κ2) is 13.5. The minimum absolute atomic E-state index is 0.0128. The molecule has 11 heteroatoms. The third-order valence-corrected chi connectivity index (χ3v) is 7.53. The van der Waals surface area contributed by atoms with E-state index in [4.69, 9.17) is 14.2 Å². The van der Waals surface area contributed by atoms with Crippen LogP contribution in [0, 0.1) is 5.82 Å². The Morgan fingerprint density at radius 1 is 1.21 bits per heavy atom. The predicted octanol–water partition coefficient (Wildman–Crippen LogP) is 5.43. The maximum Gasteiger partial charge on any atom is 0.319 e. The van der Waals surface area contributed by atoms with Crippen LogP contribution in [0.2, 0.25) is 0 Å². The highest BCUT2D eigenvalue weighted by molar-refractivity contribution is 7.20. The summed E-state index contributed by atoms with van der Waals surface area (Å²) < 4.78 is 31.9. The molecule has 2 N–H and O–H groups in total. The number of benzene rings is 1. The van der Waals surface area contributed by atoms with Gasteiger partial charge in [0.1, 0.15) is 12.4 Å². The van der Waals surface area contributed by atoms with Gasteiger partial charge < -0.3 is 29.7 Å². The number of aromatic nitrogens is 1. The van der Waals surface area contributed by atoms with Crippen molar-refractivity contribution in [1.29, 1.82) is 0 Å². The van der Waals surface area contributed by atoms with E-state index in [1.54, 1.807) is 30.3 Å². The molecule has 4 rings (SSSR count). The maximum atomic E-state index is 14.9. The van der Waals surface area contributed by atoms with E-state index in [1.165, 1.54) is 23.5 Å². The van der Waals surface area contributed by atoms with Crippen molar-refractivity contribution in [1.82, 2.24) is 15.2 Å². The van der Waals surface area contributed by atoms with Gasteiger partial charge >= 0.3 is 6.03 Å². The first-order chi connectivity index (χ1) is 18.9. The molecule has 3 aromatic rings. The number of ether oxygens (including phenoxy) is 3. The third kappa shape index (κ3) is 7.53. The molecular weight excluding hydrogens is 523 g/mol. The van der Waals surface area contributed by atoms with Gasteiger partial charge in [0.25, 0.3) is 0 Å². The van der Waals surface area contributed by atoms with Crippen molar-refractivity contribution >= 4 is 44.8 Å². The van der Waals surface area contributed by atoms with Crippen LogP contribution in [0.4, 0.5) is 14.9 Å². The van der Waals surface area contributed by atoms with Gasteiger partial charge in [-0.3, -0.25) is 9.78 Å². The molecule has 208 valence electrons. The highest BCUT2D eigenvalue weighted by Crippen LogP contribution is 2.39. The van der Waals surface area contributed by atoms with Crippen LogP contribution in [0.1, 0.15) is 31.6 Å². The molecule has 9 nitrogen and oxygen atoms in total. The summed E-state index contributed by atoms with van der Waals surface area (Å²) in [5.74, 6) is -0.102. The van der Waals surface area contributed by atoms with E-state index in [0.717, 1.165) is 27.1 Å². The molecule has 0 aliphatic carbocycles. The summed E-state index contributed by atoms with van der Waals surface area (Å²) in [5, 5.41) is 5.42. The van der Waals surface area contributed by atoms with Gasteiger partial charge in [0.2, 0.25) is 5.91 Å². The molecule has 0 saturated heterocycles. The van der Waals surface area contributed by atoms with Gasteiger partial charge in [-0.2, -0.15) is 0 Å². The highest BCUT2D eigenvalue weighted by atomic mass is 32.1. The molecule has 1 atom stereocenters. The zero-order valence-electron chi connectivity index (χ0n) is 22.3. The molecule has 1 unspecified atom stereocenters. The average Bonchev–Trinajstić information content (AvgIpc) is 3.38. The van der Waals surface area contributed by atoms with E-state index in [0.29, 0.717) is 44.2 Å². The molecule has 1 aliphatic heterocycles. The summed E-state index contributed by atoms with van der Waals surface area (Å²) in [5.41, 5.74) is 2.21. The molecule has 39 heavy (non-hydrogen) atoms.